The van der Waals surface area contributed by atoms with Crippen molar-refractivity contribution in [1.29, 1.82) is 0 Å². The zero-order chi connectivity index (χ0) is 42.2. The number of amides is 4. The molecule has 15 nitrogen and oxygen atoms in total. The molecule has 0 unspecified atom stereocenters. The fraction of sp³-hybridized carbons (Fsp3) is 0.289. The van der Waals surface area contributed by atoms with Gasteiger partial charge in [0.15, 0.2) is 0 Å². The normalized spacial score (nSPS) is 12.1. The summed E-state index contributed by atoms with van der Waals surface area (Å²) in [5.74, 6) is 1.50. The number of hydrogen-bond donors (Lipinski definition) is 4. The quantitative estimate of drug-likeness (QED) is 0.0840. The highest BCUT2D eigenvalue weighted by Gasteiger charge is 2.30. The van der Waals surface area contributed by atoms with Crippen LogP contribution in [0.2, 0.25) is 0 Å². The lowest BCUT2D eigenvalue weighted by Crippen LogP contribution is -2.43. The van der Waals surface area contributed by atoms with E-state index in [9.17, 15) is 19.2 Å². The van der Waals surface area contributed by atoms with Crippen molar-refractivity contribution >= 4 is 34.8 Å². The van der Waals surface area contributed by atoms with Gasteiger partial charge in [0.1, 0.15) is 42.3 Å². The summed E-state index contributed by atoms with van der Waals surface area (Å²) in [4.78, 5) is 69.9. The summed E-state index contributed by atoms with van der Waals surface area (Å²) in [5, 5.41) is 7.26. The number of H-pyrrole nitrogens is 2. The Morgan fingerprint density at radius 1 is 0.783 bits per heavy atom. The lowest BCUT2D eigenvalue weighted by atomic mass is 9.97. The molecule has 60 heavy (non-hydrogen) atoms. The van der Waals surface area contributed by atoms with Gasteiger partial charge in [-0.05, 0) is 64.6 Å². The molecule has 0 saturated carbocycles. The van der Waals surface area contributed by atoms with Crippen LogP contribution >= 0.6 is 0 Å². The summed E-state index contributed by atoms with van der Waals surface area (Å²) >= 11 is 0. The molecule has 1 atom stereocenters. The Bertz CT molecular complexity index is 2500. The maximum Gasteiger partial charge on any atom is 0.407 e. The molecule has 0 aliphatic carbocycles. The molecular weight excluding hydrogens is 765 g/mol. The van der Waals surface area contributed by atoms with Crippen LogP contribution in [0.3, 0.4) is 0 Å². The molecule has 7 rings (SSSR count). The molecule has 0 spiro atoms. The molecule has 4 N–H and O–H groups in total. The third-order valence-corrected chi connectivity index (χ3v) is 10.3. The van der Waals surface area contributed by atoms with Crippen LogP contribution in [0.4, 0.5) is 9.59 Å². The van der Waals surface area contributed by atoms with E-state index in [2.05, 4.69) is 66.7 Å². The van der Waals surface area contributed by atoms with Crippen LogP contribution in [0.5, 0.6) is 5.75 Å². The van der Waals surface area contributed by atoms with Gasteiger partial charge in [-0.2, -0.15) is 0 Å². The summed E-state index contributed by atoms with van der Waals surface area (Å²) in [6.45, 7) is 5.59. The van der Waals surface area contributed by atoms with Crippen LogP contribution in [-0.2, 0) is 38.8 Å². The van der Waals surface area contributed by atoms with Crippen molar-refractivity contribution in [1.82, 2.24) is 40.4 Å². The van der Waals surface area contributed by atoms with Gasteiger partial charge in [0.2, 0.25) is 11.8 Å². The van der Waals surface area contributed by atoms with Crippen molar-refractivity contribution in [2.75, 3.05) is 33.9 Å². The van der Waals surface area contributed by atoms with E-state index in [-0.39, 0.29) is 38.1 Å². The highest BCUT2D eigenvalue weighted by Crippen LogP contribution is 2.40. The van der Waals surface area contributed by atoms with E-state index in [0.717, 1.165) is 62.3 Å². The lowest BCUT2D eigenvalue weighted by Gasteiger charge is -2.27. The molecule has 4 aromatic carbocycles. The van der Waals surface area contributed by atoms with Gasteiger partial charge < -0.3 is 44.6 Å². The van der Waals surface area contributed by atoms with Gasteiger partial charge in [-0.1, -0.05) is 74.5 Å². The third-order valence-electron chi connectivity index (χ3n) is 10.3. The van der Waals surface area contributed by atoms with Crippen LogP contribution in [-0.4, -0.2) is 87.6 Å². The molecule has 0 bridgehead atoms. The van der Waals surface area contributed by atoms with E-state index >= 15 is 0 Å². The Morgan fingerprint density at radius 3 is 2.18 bits per heavy atom. The molecule has 1 aliphatic heterocycles. The second kappa shape index (κ2) is 18.6. The summed E-state index contributed by atoms with van der Waals surface area (Å²) in [6, 6.07) is 26.9. The summed E-state index contributed by atoms with van der Waals surface area (Å²) in [5.41, 5.74) is 6.96. The average Bonchev–Trinajstić information content (AvgIpc) is 3.93. The molecule has 1 aliphatic rings. The Morgan fingerprint density at radius 2 is 1.45 bits per heavy atom. The van der Waals surface area contributed by atoms with Crippen LogP contribution in [0.1, 0.15) is 55.6 Å². The molecule has 0 radical (unpaired) electrons. The number of alkyl carbamates (subject to hydrolysis) is 2. The first-order chi connectivity index (χ1) is 29.2. The summed E-state index contributed by atoms with van der Waals surface area (Å²) in [7, 11) is 2.53. The third kappa shape index (κ3) is 9.25. The Labute approximate surface area is 347 Å². The number of nitrogens with one attached hydrogen (secondary N) is 4. The number of fused-ring (bicyclic) bond motifs is 4. The fourth-order valence-electron chi connectivity index (χ4n) is 7.31. The van der Waals surface area contributed by atoms with Gasteiger partial charge in [-0.15, -0.1) is 0 Å². The van der Waals surface area contributed by atoms with Gasteiger partial charge in [-0.25, -0.2) is 19.6 Å². The molecule has 0 saturated heterocycles. The molecule has 6 aromatic rings. The van der Waals surface area contributed by atoms with Gasteiger partial charge in [0.25, 0.3) is 0 Å². The number of imidazole rings is 2. The van der Waals surface area contributed by atoms with Crippen molar-refractivity contribution in [3.05, 3.63) is 114 Å². The largest absolute Gasteiger partial charge is 0.486 e. The van der Waals surface area contributed by atoms with Crippen molar-refractivity contribution in [3.63, 3.8) is 0 Å². The van der Waals surface area contributed by atoms with Crippen LogP contribution < -0.4 is 15.4 Å². The second-order valence-electron chi connectivity index (χ2n) is 14.4. The van der Waals surface area contributed by atoms with E-state index in [1.54, 1.807) is 28.1 Å². The Balaban J connectivity index is 1.05. The van der Waals surface area contributed by atoms with E-state index in [1.165, 1.54) is 14.2 Å². The number of nitrogens with zero attached hydrogens (tertiary/aromatic N) is 4. The van der Waals surface area contributed by atoms with Gasteiger partial charge in [0, 0.05) is 24.2 Å². The number of carbonyl (C=O) groups is 4. The predicted molar refractivity (Wildman–Crippen MR) is 225 cm³/mol. The molecule has 2 aromatic heterocycles. The van der Waals surface area contributed by atoms with Crippen LogP contribution in [0, 0.1) is 0 Å². The molecule has 4 amide bonds. The number of methoxy groups -OCH3 is 2. The van der Waals surface area contributed by atoms with Crippen molar-refractivity contribution in [3.8, 4) is 39.4 Å². The van der Waals surface area contributed by atoms with Crippen molar-refractivity contribution < 1.29 is 33.4 Å². The first-order valence-electron chi connectivity index (χ1n) is 19.9. The minimum Gasteiger partial charge on any atom is -0.486 e. The predicted octanol–water partition coefficient (Wildman–Crippen LogP) is 7.11. The SMILES string of the molecule is CCCN(Cc1ncc(-c2ccc3cc(-c4ccc5c(c4)OCc4nc(CN(CCC)C(=O)[C@H](NC(=O)OC)c6ccccc6)[nH]c4-5)ccc3c2)[nH]1)C(=O)CNC(=O)OC. The van der Waals surface area contributed by atoms with E-state index in [1.807, 2.05) is 50.2 Å². The number of benzene rings is 4. The number of aromatic amines is 2. The highest BCUT2D eigenvalue weighted by atomic mass is 16.5. The molecule has 3 heterocycles. The number of rotatable bonds is 15. The van der Waals surface area contributed by atoms with Gasteiger partial charge in [0.05, 0.1) is 44.9 Å². The Hall–Kier alpha value is -7.16. The monoisotopic (exact) mass is 812 g/mol. The zero-order valence-corrected chi connectivity index (χ0v) is 34.0. The standard InChI is InChI=1S/C45H48N8O7/c1-5-18-52(40(54)24-47-44(56)58-3)25-38-46-23-35(48-38)33-15-14-29-20-30(12-13-31(29)21-33)32-16-17-34-37(22-32)60-27-36-42(34)50-39(49-36)26-53(19-6-2)43(55)41(51-45(57)59-4)28-10-8-7-9-11-28/h7-17,20-23,41H,5-6,18-19,24-27H2,1-4H3,(H,46,48)(H,47,56)(H,49,50)(H,51,57)/t41-/m1/s1. The molecular formula is C45H48N8O7. The second-order valence-corrected chi connectivity index (χ2v) is 14.4. The smallest absolute Gasteiger partial charge is 0.407 e. The number of hydrogen-bond acceptors (Lipinski definition) is 9. The van der Waals surface area contributed by atoms with E-state index in [0.29, 0.717) is 36.7 Å². The van der Waals surface area contributed by atoms with Crippen molar-refractivity contribution in [2.45, 2.75) is 52.4 Å². The minimum atomic E-state index is -0.920. The Kier molecular flexibility index (Phi) is 12.7. The van der Waals surface area contributed by atoms with Gasteiger partial charge in [-0.3, -0.25) is 9.59 Å². The minimum absolute atomic E-state index is 0.156. The first-order valence-corrected chi connectivity index (χ1v) is 19.9. The average molecular weight is 813 g/mol. The number of carbonyl (C=O) groups excluding carboxylic acids is 4. The molecule has 15 heteroatoms. The summed E-state index contributed by atoms with van der Waals surface area (Å²) in [6.07, 6.45) is 1.89. The molecule has 0 fully saturated rings. The molecule has 310 valence electrons. The van der Waals surface area contributed by atoms with Crippen LogP contribution in [0.25, 0.3) is 44.4 Å². The lowest BCUT2D eigenvalue weighted by molar-refractivity contribution is -0.134. The maximum atomic E-state index is 13.9. The van der Waals surface area contributed by atoms with Crippen molar-refractivity contribution in [2.24, 2.45) is 0 Å². The summed E-state index contributed by atoms with van der Waals surface area (Å²) < 4.78 is 15.6. The van der Waals surface area contributed by atoms with Crippen LogP contribution in [0.15, 0.2) is 91.1 Å². The van der Waals surface area contributed by atoms with Gasteiger partial charge >= 0.3 is 12.2 Å². The highest BCUT2D eigenvalue weighted by molar-refractivity contribution is 5.91. The van der Waals surface area contributed by atoms with E-state index < -0.39 is 18.2 Å². The topological polar surface area (TPSA) is 184 Å². The number of aromatic nitrogens is 4. The zero-order valence-electron chi connectivity index (χ0n) is 34.0. The number of ether oxygens (including phenoxy) is 3. The fourth-order valence-corrected chi connectivity index (χ4v) is 7.31. The van der Waals surface area contributed by atoms with E-state index in [4.69, 9.17) is 14.5 Å². The first kappa shape index (κ1) is 41.0. The maximum absolute atomic E-state index is 13.9.